The first-order valence-electron chi connectivity index (χ1n) is 10.5. The molecule has 0 radical (unpaired) electrons. The van der Waals surface area contributed by atoms with Crippen LogP contribution in [0.4, 0.5) is 0 Å². The molecule has 164 valence electrons. The Hall–Kier alpha value is -2.38. The van der Waals surface area contributed by atoms with Crippen molar-refractivity contribution in [1.29, 1.82) is 0 Å². The number of aryl methyl sites for hydroxylation is 2. The molecule has 2 unspecified atom stereocenters. The molecule has 6 nitrogen and oxygen atoms in total. The lowest BCUT2D eigenvalue weighted by molar-refractivity contribution is -0.134. The van der Waals surface area contributed by atoms with Crippen molar-refractivity contribution < 1.29 is 4.79 Å². The number of hydrogen-bond donors (Lipinski definition) is 0. The van der Waals surface area contributed by atoms with E-state index in [1.165, 1.54) is 15.9 Å². The van der Waals surface area contributed by atoms with Gasteiger partial charge in [0.25, 0.3) is 5.56 Å². The Morgan fingerprint density at radius 3 is 2.32 bits per heavy atom. The zero-order chi connectivity index (χ0) is 22.4. The molecule has 0 N–H and O–H groups in total. The Morgan fingerprint density at radius 2 is 1.71 bits per heavy atom. The topological polar surface area (TPSA) is 64.3 Å². The number of aromatic nitrogens is 2. The molecule has 8 heteroatoms. The van der Waals surface area contributed by atoms with Gasteiger partial charge in [0.2, 0.25) is 5.91 Å². The smallest absolute Gasteiger partial charge is 0.337 e. The fourth-order valence-electron chi connectivity index (χ4n) is 4.52. The van der Waals surface area contributed by atoms with Gasteiger partial charge in [-0.3, -0.25) is 14.2 Å². The SMILES string of the molecule is Cc1sc2c(c1C)c(=O)n(-c1ccc(Cl)cc1)c(=O)n2CC(=O)N1CC(C)CC(C)C1. The van der Waals surface area contributed by atoms with Gasteiger partial charge in [0, 0.05) is 23.0 Å². The van der Waals surface area contributed by atoms with Crippen molar-refractivity contribution in [1.82, 2.24) is 14.0 Å². The van der Waals surface area contributed by atoms with Crippen LogP contribution in [0.15, 0.2) is 33.9 Å². The molecule has 0 aliphatic carbocycles. The monoisotopic (exact) mass is 459 g/mol. The Labute approximate surface area is 189 Å². The molecule has 1 saturated heterocycles. The predicted octanol–water partition coefficient (Wildman–Crippen LogP) is 3.99. The van der Waals surface area contributed by atoms with Gasteiger partial charge in [-0.2, -0.15) is 0 Å². The Bertz CT molecular complexity index is 1260. The Balaban J connectivity index is 1.87. The molecule has 2 aromatic heterocycles. The third kappa shape index (κ3) is 3.96. The van der Waals surface area contributed by atoms with Gasteiger partial charge in [-0.25, -0.2) is 9.36 Å². The van der Waals surface area contributed by atoms with E-state index < -0.39 is 5.69 Å². The number of piperidine rings is 1. The lowest BCUT2D eigenvalue weighted by Crippen LogP contribution is -2.46. The quantitative estimate of drug-likeness (QED) is 0.594. The van der Waals surface area contributed by atoms with E-state index in [4.69, 9.17) is 11.6 Å². The van der Waals surface area contributed by atoms with Crippen LogP contribution in [0.5, 0.6) is 0 Å². The summed E-state index contributed by atoms with van der Waals surface area (Å²) in [6.45, 7) is 9.41. The van der Waals surface area contributed by atoms with Gasteiger partial charge < -0.3 is 4.90 Å². The van der Waals surface area contributed by atoms with Crippen LogP contribution < -0.4 is 11.2 Å². The highest BCUT2D eigenvalue weighted by molar-refractivity contribution is 7.18. The first-order valence-corrected chi connectivity index (χ1v) is 11.7. The molecule has 0 spiro atoms. The highest BCUT2D eigenvalue weighted by atomic mass is 35.5. The Morgan fingerprint density at radius 1 is 1.10 bits per heavy atom. The summed E-state index contributed by atoms with van der Waals surface area (Å²) in [5.74, 6) is 0.768. The van der Waals surface area contributed by atoms with Crippen LogP contribution >= 0.6 is 22.9 Å². The Kier molecular flexibility index (Phi) is 5.83. The van der Waals surface area contributed by atoms with Crippen molar-refractivity contribution in [2.75, 3.05) is 13.1 Å². The summed E-state index contributed by atoms with van der Waals surface area (Å²) in [7, 11) is 0. The van der Waals surface area contributed by atoms with Crippen LogP contribution in [-0.4, -0.2) is 33.0 Å². The van der Waals surface area contributed by atoms with Crippen LogP contribution in [0.3, 0.4) is 0 Å². The van der Waals surface area contributed by atoms with E-state index in [0.29, 0.717) is 45.9 Å². The highest BCUT2D eigenvalue weighted by Gasteiger charge is 2.27. The predicted molar refractivity (Wildman–Crippen MR) is 126 cm³/mol. The molecular formula is C23H26ClN3O3S. The van der Waals surface area contributed by atoms with Crippen molar-refractivity contribution in [2.24, 2.45) is 11.8 Å². The molecule has 0 saturated carbocycles. The molecule has 1 aliphatic heterocycles. The lowest BCUT2D eigenvalue weighted by Gasteiger charge is -2.35. The molecule has 1 fully saturated rings. The third-order valence-electron chi connectivity index (χ3n) is 6.05. The van der Waals surface area contributed by atoms with Gasteiger partial charge in [-0.1, -0.05) is 25.4 Å². The maximum atomic E-state index is 13.5. The van der Waals surface area contributed by atoms with Gasteiger partial charge in [0.15, 0.2) is 0 Å². The summed E-state index contributed by atoms with van der Waals surface area (Å²) in [5.41, 5.74) is 0.403. The van der Waals surface area contributed by atoms with Crippen LogP contribution in [0.2, 0.25) is 5.02 Å². The average Bonchev–Trinajstić information content (AvgIpc) is 3.00. The normalized spacial score (nSPS) is 19.2. The molecule has 3 aromatic rings. The first kappa shape index (κ1) is 21.8. The standard InChI is InChI=1S/C23H26ClN3O3S/c1-13-9-14(2)11-25(10-13)19(28)12-26-22-20(15(3)16(4)31-22)21(29)27(23(26)30)18-7-5-17(24)6-8-18/h5-8,13-14H,9-12H2,1-4H3. The second-order valence-corrected chi connectivity index (χ2v) is 10.3. The number of likely N-dealkylation sites (tertiary alicyclic amines) is 1. The van der Waals surface area contributed by atoms with Crippen LogP contribution in [-0.2, 0) is 11.3 Å². The van der Waals surface area contributed by atoms with Gasteiger partial charge in [-0.15, -0.1) is 11.3 Å². The number of carbonyl (C=O) groups excluding carboxylic acids is 1. The van der Waals surface area contributed by atoms with Crippen molar-refractivity contribution >= 4 is 39.1 Å². The maximum absolute atomic E-state index is 13.5. The minimum atomic E-state index is -0.507. The summed E-state index contributed by atoms with van der Waals surface area (Å²) in [6.07, 6.45) is 1.10. The van der Waals surface area contributed by atoms with E-state index in [9.17, 15) is 14.4 Å². The van der Waals surface area contributed by atoms with E-state index in [1.807, 2.05) is 18.7 Å². The van der Waals surface area contributed by atoms with Gasteiger partial charge in [0.1, 0.15) is 11.4 Å². The molecule has 31 heavy (non-hydrogen) atoms. The highest BCUT2D eigenvalue weighted by Crippen LogP contribution is 2.28. The molecule has 1 amide bonds. The van der Waals surface area contributed by atoms with Crippen molar-refractivity contribution in [2.45, 2.75) is 40.7 Å². The summed E-state index contributed by atoms with van der Waals surface area (Å²) in [5, 5.41) is 1.01. The summed E-state index contributed by atoms with van der Waals surface area (Å²) in [4.78, 5) is 43.4. The molecule has 2 atom stereocenters. The number of thiophene rings is 1. The minimum Gasteiger partial charge on any atom is -0.341 e. The van der Waals surface area contributed by atoms with Crippen LogP contribution in [0.1, 0.15) is 30.7 Å². The molecule has 3 heterocycles. The zero-order valence-corrected chi connectivity index (χ0v) is 19.7. The fourth-order valence-corrected chi connectivity index (χ4v) is 5.78. The number of benzene rings is 1. The number of halogens is 1. The minimum absolute atomic E-state index is 0.0813. The van der Waals surface area contributed by atoms with Crippen LogP contribution in [0.25, 0.3) is 15.9 Å². The van der Waals surface area contributed by atoms with E-state index in [-0.39, 0.29) is 18.0 Å². The molecular weight excluding hydrogens is 434 g/mol. The second kappa shape index (κ2) is 8.28. The average molecular weight is 460 g/mol. The van der Waals surface area contributed by atoms with E-state index in [2.05, 4.69) is 13.8 Å². The van der Waals surface area contributed by atoms with Gasteiger partial charge >= 0.3 is 5.69 Å². The maximum Gasteiger partial charge on any atom is 0.337 e. The largest absolute Gasteiger partial charge is 0.341 e. The summed E-state index contributed by atoms with van der Waals surface area (Å²) in [6, 6.07) is 6.58. The fraction of sp³-hybridized carbons (Fsp3) is 0.435. The molecule has 1 aromatic carbocycles. The van der Waals surface area contributed by atoms with Crippen LogP contribution in [0, 0.1) is 25.7 Å². The van der Waals surface area contributed by atoms with Gasteiger partial charge in [-0.05, 0) is 61.9 Å². The van der Waals surface area contributed by atoms with E-state index >= 15 is 0 Å². The number of carbonyl (C=O) groups is 1. The number of nitrogens with zero attached hydrogens (tertiary/aromatic N) is 3. The number of rotatable bonds is 3. The van der Waals surface area contributed by atoms with Crippen molar-refractivity contribution in [3.63, 3.8) is 0 Å². The van der Waals surface area contributed by atoms with Crippen molar-refractivity contribution in [3.05, 3.63) is 60.6 Å². The molecule has 0 bridgehead atoms. The van der Waals surface area contributed by atoms with Gasteiger partial charge in [0.05, 0.1) is 11.1 Å². The number of fused-ring (bicyclic) bond motifs is 1. The number of amides is 1. The van der Waals surface area contributed by atoms with Crippen molar-refractivity contribution in [3.8, 4) is 5.69 Å². The number of hydrogen-bond acceptors (Lipinski definition) is 4. The summed E-state index contributed by atoms with van der Waals surface area (Å²) < 4.78 is 2.61. The lowest BCUT2D eigenvalue weighted by atomic mass is 9.92. The summed E-state index contributed by atoms with van der Waals surface area (Å²) >= 11 is 7.38. The third-order valence-corrected chi connectivity index (χ3v) is 7.53. The van der Waals surface area contributed by atoms with E-state index in [1.54, 1.807) is 24.3 Å². The molecule has 4 rings (SSSR count). The molecule has 1 aliphatic rings. The zero-order valence-electron chi connectivity index (χ0n) is 18.1. The second-order valence-electron chi connectivity index (χ2n) is 8.69. The first-order chi connectivity index (χ1) is 14.7. The van der Waals surface area contributed by atoms with E-state index in [0.717, 1.165) is 21.4 Å².